The molecule has 0 fully saturated rings. The molecule has 1 amide bonds. The monoisotopic (exact) mass is 246 g/mol. The third kappa shape index (κ3) is 4.19. The van der Waals surface area contributed by atoms with Gasteiger partial charge in [-0.25, -0.2) is 5.06 Å². The molecule has 0 bridgehead atoms. The number of nitrogens with zero attached hydrogens (tertiary/aromatic N) is 2. The van der Waals surface area contributed by atoms with Crippen molar-refractivity contribution >= 4 is 5.91 Å². The Bertz CT molecular complexity index is 432. The smallest absolute Gasteiger partial charge is 0.246 e. The molecule has 0 unspecified atom stereocenters. The number of hydrogen-bond donors (Lipinski definition) is 0. The van der Waals surface area contributed by atoms with Gasteiger partial charge in [-0.1, -0.05) is 26.0 Å². The van der Waals surface area contributed by atoms with Gasteiger partial charge in [0.15, 0.2) is 0 Å². The largest absolute Gasteiger partial charge is 0.274 e. The van der Waals surface area contributed by atoms with E-state index in [1.54, 1.807) is 12.1 Å². The molecule has 0 aromatic heterocycles. The molecule has 1 aromatic carbocycles. The molecule has 18 heavy (non-hydrogen) atoms. The summed E-state index contributed by atoms with van der Waals surface area (Å²) in [6.45, 7) is 4.38. The highest BCUT2D eigenvalue weighted by atomic mass is 16.7. The normalized spacial score (nSPS) is 10.2. The Balaban J connectivity index is 2.67. The molecule has 96 valence electrons. The molecule has 0 heterocycles. The molecule has 0 N–H and O–H groups in total. The van der Waals surface area contributed by atoms with Crippen LogP contribution in [-0.4, -0.2) is 18.1 Å². The number of rotatable bonds is 5. The lowest BCUT2D eigenvalue weighted by atomic mass is 10.1. The maximum atomic E-state index is 11.9. The molecular formula is C14H18N2O2. The zero-order valence-corrected chi connectivity index (χ0v) is 11.0. The highest BCUT2D eigenvalue weighted by molar-refractivity contribution is 5.75. The lowest BCUT2D eigenvalue weighted by Crippen LogP contribution is -2.30. The van der Waals surface area contributed by atoms with Gasteiger partial charge in [-0.05, 0) is 23.6 Å². The Morgan fingerprint density at radius 1 is 1.39 bits per heavy atom. The molecule has 4 nitrogen and oxygen atoms in total. The number of carbonyl (C=O) groups excluding carboxylic acids is 1. The van der Waals surface area contributed by atoms with Crippen LogP contribution >= 0.6 is 0 Å². The first kappa shape index (κ1) is 14.2. The third-order valence-electron chi connectivity index (χ3n) is 2.49. The van der Waals surface area contributed by atoms with Crippen molar-refractivity contribution in [2.45, 2.75) is 26.8 Å². The van der Waals surface area contributed by atoms with E-state index in [1.807, 2.05) is 26.0 Å². The van der Waals surface area contributed by atoms with Gasteiger partial charge in [0, 0.05) is 6.42 Å². The first-order valence-electron chi connectivity index (χ1n) is 5.90. The number of nitriles is 1. The molecule has 0 aliphatic rings. The molecule has 0 saturated heterocycles. The summed E-state index contributed by atoms with van der Waals surface area (Å²) >= 11 is 0. The van der Waals surface area contributed by atoms with Crippen LogP contribution in [0.5, 0.6) is 0 Å². The predicted octanol–water partition coefficient (Wildman–Crippen LogP) is 2.49. The van der Waals surface area contributed by atoms with Gasteiger partial charge in [0.25, 0.3) is 0 Å². The fourth-order valence-electron chi connectivity index (χ4n) is 1.56. The highest BCUT2D eigenvalue weighted by Crippen LogP contribution is 2.10. The maximum absolute atomic E-state index is 11.9. The van der Waals surface area contributed by atoms with Gasteiger partial charge in [0.05, 0.1) is 25.3 Å². The molecule has 0 spiro atoms. The minimum absolute atomic E-state index is 0.0307. The zero-order chi connectivity index (χ0) is 13.5. The highest BCUT2D eigenvalue weighted by Gasteiger charge is 2.14. The van der Waals surface area contributed by atoms with E-state index in [1.165, 1.54) is 12.2 Å². The zero-order valence-electron chi connectivity index (χ0n) is 11.0. The van der Waals surface area contributed by atoms with Crippen LogP contribution in [0.2, 0.25) is 0 Å². The second kappa shape index (κ2) is 6.77. The van der Waals surface area contributed by atoms with E-state index in [-0.39, 0.29) is 5.91 Å². The van der Waals surface area contributed by atoms with Crippen molar-refractivity contribution in [2.24, 2.45) is 5.92 Å². The lowest BCUT2D eigenvalue weighted by Gasteiger charge is -2.20. The first-order chi connectivity index (χ1) is 8.56. The quantitative estimate of drug-likeness (QED) is 0.750. The molecule has 0 radical (unpaired) electrons. The summed E-state index contributed by atoms with van der Waals surface area (Å²) < 4.78 is 0. The standard InChI is InChI=1S/C14H18N2O2/c1-11(2)8-14(17)16(18-3)10-13-6-4-12(9-15)5-7-13/h4-7,11H,8,10H2,1-3H3. The van der Waals surface area contributed by atoms with E-state index >= 15 is 0 Å². The van der Waals surface area contributed by atoms with Crippen molar-refractivity contribution in [1.82, 2.24) is 5.06 Å². The van der Waals surface area contributed by atoms with Crippen LogP contribution in [0.1, 0.15) is 31.4 Å². The van der Waals surface area contributed by atoms with Crippen LogP contribution in [0.3, 0.4) is 0 Å². The van der Waals surface area contributed by atoms with Gasteiger partial charge < -0.3 is 0 Å². The van der Waals surface area contributed by atoms with Crippen LogP contribution in [0.4, 0.5) is 0 Å². The topological polar surface area (TPSA) is 53.3 Å². The number of amides is 1. The predicted molar refractivity (Wildman–Crippen MR) is 68.2 cm³/mol. The van der Waals surface area contributed by atoms with Crippen molar-refractivity contribution in [1.29, 1.82) is 5.26 Å². The van der Waals surface area contributed by atoms with Crippen LogP contribution in [0.15, 0.2) is 24.3 Å². The average Bonchev–Trinajstić information content (AvgIpc) is 2.35. The second-order valence-electron chi connectivity index (χ2n) is 4.52. The number of hydrogen-bond acceptors (Lipinski definition) is 3. The van der Waals surface area contributed by atoms with Crippen molar-refractivity contribution in [3.05, 3.63) is 35.4 Å². The van der Waals surface area contributed by atoms with Crippen LogP contribution in [-0.2, 0) is 16.2 Å². The fourth-order valence-corrected chi connectivity index (χ4v) is 1.56. The van der Waals surface area contributed by atoms with Crippen molar-refractivity contribution in [3.63, 3.8) is 0 Å². The van der Waals surface area contributed by atoms with Crippen molar-refractivity contribution in [2.75, 3.05) is 7.11 Å². The van der Waals surface area contributed by atoms with Gasteiger partial charge in [-0.3, -0.25) is 9.63 Å². The van der Waals surface area contributed by atoms with Crippen LogP contribution < -0.4 is 0 Å². The summed E-state index contributed by atoms with van der Waals surface area (Å²) in [5.41, 5.74) is 1.55. The minimum Gasteiger partial charge on any atom is -0.274 e. The summed E-state index contributed by atoms with van der Waals surface area (Å²) in [6, 6.07) is 9.18. The minimum atomic E-state index is -0.0307. The Hall–Kier alpha value is -1.86. The summed E-state index contributed by atoms with van der Waals surface area (Å²) in [7, 11) is 1.49. The van der Waals surface area contributed by atoms with Crippen molar-refractivity contribution < 1.29 is 9.63 Å². The van der Waals surface area contributed by atoms with E-state index in [9.17, 15) is 4.79 Å². The summed E-state index contributed by atoms with van der Waals surface area (Å²) in [6.07, 6.45) is 0.462. The third-order valence-corrected chi connectivity index (χ3v) is 2.49. The second-order valence-corrected chi connectivity index (χ2v) is 4.52. The molecule has 0 aliphatic heterocycles. The Labute approximate surface area is 108 Å². The van der Waals surface area contributed by atoms with Gasteiger partial charge in [0.2, 0.25) is 5.91 Å². The summed E-state index contributed by atoms with van der Waals surface area (Å²) in [5.74, 6) is 0.271. The fraction of sp³-hybridized carbons (Fsp3) is 0.429. The molecular weight excluding hydrogens is 228 g/mol. The maximum Gasteiger partial charge on any atom is 0.246 e. The number of hydroxylamine groups is 2. The lowest BCUT2D eigenvalue weighted by molar-refractivity contribution is -0.180. The average molecular weight is 246 g/mol. The van der Waals surface area contributed by atoms with Gasteiger partial charge in [-0.15, -0.1) is 0 Å². The number of carbonyl (C=O) groups is 1. The van der Waals surface area contributed by atoms with Gasteiger partial charge >= 0.3 is 0 Å². The van der Waals surface area contributed by atoms with E-state index in [2.05, 4.69) is 6.07 Å². The van der Waals surface area contributed by atoms with Crippen LogP contribution in [0, 0.1) is 17.2 Å². The number of benzene rings is 1. The van der Waals surface area contributed by atoms with E-state index in [0.29, 0.717) is 24.4 Å². The van der Waals surface area contributed by atoms with Crippen LogP contribution in [0.25, 0.3) is 0 Å². The SMILES string of the molecule is CON(Cc1ccc(C#N)cc1)C(=O)CC(C)C. The molecule has 0 saturated carbocycles. The molecule has 4 heteroatoms. The molecule has 1 rings (SSSR count). The molecule has 0 aliphatic carbocycles. The Kier molecular flexibility index (Phi) is 5.34. The Morgan fingerprint density at radius 3 is 2.44 bits per heavy atom. The summed E-state index contributed by atoms with van der Waals surface area (Å²) in [5, 5.41) is 10.1. The summed E-state index contributed by atoms with van der Waals surface area (Å²) in [4.78, 5) is 17.0. The van der Waals surface area contributed by atoms with E-state index < -0.39 is 0 Å². The van der Waals surface area contributed by atoms with E-state index in [4.69, 9.17) is 10.1 Å². The molecule has 0 atom stereocenters. The van der Waals surface area contributed by atoms with Crippen molar-refractivity contribution in [3.8, 4) is 6.07 Å². The van der Waals surface area contributed by atoms with Gasteiger partial charge in [-0.2, -0.15) is 5.26 Å². The molecule has 1 aromatic rings. The Morgan fingerprint density at radius 2 is 2.00 bits per heavy atom. The first-order valence-corrected chi connectivity index (χ1v) is 5.90. The van der Waals surface area contributed by atoms with E-state index in [0.717, 1.165) is 5.56 Å². The van der Waals surface area contributed by atoms with Gasteiger partial charge in [0.1, 0.15) is 0 Å².